The number of rotatable bonds is 6. The normalized spacial score (nSPS) is 12.2. The van der Waals surface area contributed by atoms with Gasteiger partial charge in [-0.05, 0) is 35.7 Å². The summed E-state index contributed by atoms with van der Waals surface area (Å²) in [6, 6.07) is 9.48. The van der Waals surface area contributed by atoms with Crippen LogP contribution in [-0.2, 0) is 17.8 Å². The number of carbonyl (C=O) groups excluding carboxylic acids is 1. The highest BCUT2D eigenvalue weighted by molar-refractivity contribution is 5.76. The largest absolute Gasteiger partial charge is 0.454 e. The highest BCUT2D eigenvalue weighted by Crippen LogP contribution is 2.32. The topological polar surface area (TPSA) is 91.2 Å². The zero-order valence-corrected chi connectivity index (χ0v) is 14.0. The van der Waals surface area contributed by atoms with Gasteiger partial charge in [0.25, 0.3) is 0 Å². The fraction of sp³-hybridized carbons (Fsp3) is 0.222. The van der Waals surface area contributed by atoms with Crippen molar-refractivity contribution in [2.45, 2.75) is 19.4 Å². The van der Waals surface area contributed by atoms with Gasteiger partial charge in [-0.15, -0.1) is 0 Å². The van der Waals surface area contributed by atoms with E-state index in [1.165, 1.54) is 6.33 Å². The fourth-order valence-corrected chi connectivity index (χ4v) is 2.63. The minimum absolute atomic E-state index is 0.0111. The lowest BCUT2D eigenvalue weighted by Crippen LogP contribution is -2.23. The first-order chi connectivity index (χ1) is 12.8. The molecule has 0 bridgehead atoms. The van der Waals surface area contributed by atoms with Crippen LogP contribution in [0.5, 0.6) is 11.5 Å². The van der Waals surface area contributed by atoms with E-state index in [2.05, 4.69) is 20.4 Å². The Bertz CT molecular complexity index is 894. The van der Waals surface area contributed by atoms with Crippen LogP contribution in [0.3, 0.4) is 0 Å². The lowest BCUT2D eigenvalue weighted by atomic mass is 10.1. The molecule has 0 fully saturated rings. The molecule has 8 nitrogen and oxygen atoms in total. The Morgan fingerprint density at radius 2 is 2.04 bits per heavy atom. The molecule has 3 heterocycles. The van der Waals surface area contributed by atoms with E-state index in [1.54, 1.807) is 17.2 Å². The van der Waals surface area contributed by atoms with E-state index < -0.39 is 0 Å². The van der Waals surface area contributed by atoms with Crippen molar-refractivity contribution in [2.24, 2.45) is 0 Å². The third kappa shape index (κ3) is 3.64. The number of nitrogens with zero attached hydrogens (tertiary/aromatic N) is 4. The molecule has 1 N–H and O–H groups in total. The van der Waals surface area contributed by atoms with Gasteiger partial charge in [-0.3, -0.25) is 4.79 Å². The summed E-state index contributed by atoms with van der Waals surface area (Å²) in [6.45, 7) is 0.688. The maximum Gasteiger partial charge on any atom is 0.231 e. The molecule has 0 saturated heterocycles. The minimum Gasteiger partial charge on any atom is -0.454 e. The Hall–Kier alpha value is -3.42. The molecule has 0 unspecified atom stereocenters. The highest BCUT2D eigenvalue weighted by atomic mass is 16.7. The zero-order chi connectivity index (χ0) is 17.8. The molecule has 26 heavy (non-hydrogen) atoms. The Balaban J connectivity index is 1.26. The predicted molar refractivity (Wildman–Crippen MR) is 91.9 cm³/mol. The van der Waals surface area contributed by atoms with E-state index in [9.17, 15) is 4.79 Å². The maximum atomic E-state index is 12.1. The molecular formula is C18H17N5O3. The molecule has 0 spiro atoms. The van der Waals surface area contributed by atoms with E-state index in [0.717, 1.165) is 22.6 Å². The van der Waals surface area contributed by atoms with Crippen molar-refractivity contribution in [1.29, 1.82) is 0 Å². The quantitative estimate of drug-likeness (QED) is 0.726. The smallest absolute Gasteiger partial charge is 0.231 e. The number of nitrogens with one attached hydrogen (secondary N) is 1. The Morgan fingerprint density at radius 3 is 2.85 bits per heavy atom. The van der Waals surface area contributed by atoms with Crippen molar-refractivity contribution in [3.63, 3.8) is 0 Å². The van der Waals surface area contributed by atoms with Crippen molar-refractivity contribution < 1.29 is 14.3 Å². The number of aryl methyl sites for hydroxylation is 1. The van der Waals surface area contributed by atoms with Gasteiger partial charge < -0.3 is 14.8 Å². The van der Waals surface area contributed by atoms with Gasteiger partial charge in [0.15, 0.2) is 17.3 Å². The summed E-state index contributed by atoms with van der Waals surface area (Å²) < 4.78 is 12.2. The van der Waals surface area contributed by atoms with Gasteiger partial charge >= 0.3 is 0 Å². The second-order valence-corrected chi connectivity index (χ2v) is 5.83. The Morgan fingerprint density at radius 1 is 1.15 bits per heavy atom. The Kier molecular flexibility index (Phi) is 4.46. The second kappa shape index (κ2) is 7.22. The van der Waals surface area contributed by atoms with E-state index >= 15 is 0 Å². The highest BCUT2D eigenvalue weighted by Gasteiger charge is 2.13. The number of ether oxygens (including phenoxy) is 2. The number of aromatic nitrogens is 4. The van der Waals surface area contributed by atoms with E-state index in [1.807, 2.05) is 30.3 Å². The van der Waals surface area contributed by atoms with Crippen molar-refractivity contribution in [1.82, 2.24) is 25.1 Å². The lowest BCUT2D eigenvalue weighted by Gasteiger charge is -2.07. The van der Waals surface area contributed by atoms with Crippen LogP contribution in [0.4, 0.5) is 0 Å². The average Bonchev–Trinajstić information content (AvgIpc) is 3.36. The van der Waals surface area contributed by atoms with E-state index in [4.69, 9.17) is 9.47 Å². The molecule has 1 aromatic carbocycles. The minimum atomic E-state index is -0.0111. The number of amides is 1. The first-order valence-electron chi connectivity index (χ1n) is 8.23. The summed E-state index contributed by atoms with van der Waals surface area (Å²) in [5, 5.41) is 6.93. The molecule has 0 aliphatic carbocycles. The van der Waals surface area contributed by atoms with Gasteiger partial charge in [-0.25, -0.2) is 14.6 Å². The fourth-order valence-electron chi connectivity index (χ4n) is 2.63. The van der Waals surface area contributed by atoms with Crippen molar-refractivity contribution in [3.05, 3.63) is 60.3 Å². The molecule has 1 amide bonds. The van der Waals surface area contributed by atoms with Crippen molar-refractivity contribution in [2.75, 3.05) is 6.79 Å². The third-order valence-electron chi connectivity index (χ3n) is 4.03. The Labute approximate surface area is 149 Å². The van der Waals surface area contributed by atoms with Crippen LogP contribution < -0.4 is 14.8 Å². The maximum absolute atomic E-state index is 12.1. The summed E-state index contributed by atoms with van der Waals surface area (Å²) in [6.07, 6.45) is 5.81. The molecule has 2 aromatic heterocycles. The predicted octanol–water partition coefficient (Wildman–Crippen LogP) is 1.64. The van der Waals surface area contributed by atoms with Gasteiger partial charge in [0, 0.05) is 19.2 Å². The van der Waals surface area contributed by atoms with Crippen molar-refractivity contribution >= 4 is 5.91 Å². The first-order valence-corrected chi connectivity index (χ1v) is 8.23. The van der Waals surface area contributed by atoms with Gasteiger partial charge in [0.1, 0.15) is 12.7 Å². The van der Waals surface area contributed by atoms with Crippen LogP contribution in [0.25, 0.3) is 5.82 Å². The van der Waals surface area contributed by atoms with Crippen molar-refractivity contribution in [3.8, 4) is 17.3 Å². The average molecular weight is 351 g/mol. The van der Waals surface area contributed by atoms with E-state index in [0.29, 0.717) is 25.2 Å². The van der Waals surface area contributed by atoms with Gasteiger partial charge in [0.2, 0.25) is 12.7 Å². The van der Waals surface area contributed by atoms with Crippen LogP contribution in [0.15, 0.2) is 49.2 Å². The summed E-state index contributed by atoms with van der Waals surface area (Å²) in [5.74, 6) is 2.16. The summed E-state index contributed by atoms with van der Waals surface area (Å²) in [4.78, 5) is 20.3. The molecule has 8 heteroatoms. The molecule has 1 aliphatic heterocycles. The molecule has 4 rings (SSSR count). The summed E-state index contributed by atoms with van der Waals surface area (Å²) in [7, 11) is 0. The number of hydrogen-bond acceptors (Lipinski definition) is 6. The second-order valence-electron chi connectivity index (χ2n) is 5.83. The molecule has 3 aromatic rings. The molecule has 0 atom stereocenters. The van der Waals surface area contributed by atoms with Gasteiger partial charge in [-0.2, -0.15) is 5.10 Å². The van der Waals surface area contributed by atoms with E-state index in [-0.39, 0.29) is 12.7 Å². The third-order valence-corrected chi connectivity index (χ3v) is 4.03. The van der Waals surface area contributed by atoms with Crippen LogP contribution in [0.1, 0.15) is 17.5 Å². The van der Waals surface area contributed by atoms with Gasteiger partial charge in [0.05, 0.1) is 0 Å². The molecule has 0 saturated carbocycles. The monoisotopic (exact) mass is 351 g/mol. The first kappa shape index (κ1) is 16.1. The number of carbonyl (C=O) groups is 1. The van der Waals surface area contributed by atoms with Crippen LogP contribution in [0.2, 0.25) is 0 Å². The zero-order valence-electron chi connectivity index (χ0n) is 14.0. The number of hydrogen-bond donors (Lipinski definition) is 1. The lowest BCUT2D eigenvalue weighted by molar-refractivity contribution is -0.121. The standard InChI is InChI=1S/C18H17N5O3/c24-18(6-3-13-1-4-15-16(7-13)26-12-25-15)21-9-14-2-5-17(20-8-14)23-11-19-10-22-23/h1-2,4-5,7-8,10-11H,3,6,9,12H2,(H,21,24). The number of benzene rings is 1. The SMILES string of the molecule is O=C(CCc1ccc2c(c1)OCO2)NCc1ccc(-n2cncn2)nc1. The molecule has 1 aliphatic rings. The molecule has 0 radical (unpaired) electrons. The summed E-state index contributed by atoms with van der Waals surface area (Å²) >= 11 is 0. The number of fused-ring (bicyclic) bond motifs is 1. The van der Waals surface area contributed by atoms with Gasteiger partial charge in [-0.1, -0.05) is 12.1 Å². The molecular weight excluding hydrogens is 334 g/mol. The number of pyridine rings is 1. The molecule has 132 valence electrons. The van der Waals surface area contributed by atoms with Crippen LogP contribution >= 0.6 is 0 Å². The summed E-state index contributed by atoms with van der Waals surface area (Å²) in [5.41, 5.74) is 1.97. The van der Waals surface area contributed by atoms with Crippen LogP contribution in [-0.4, -0.2) is 32.4 Å². The van der Waals surface area contributed by atoms with Crippen LogP contribution in [0, 0.1) is 0 Å².